The molecule has 0 fully saturated rings. The largest absolute Gasteiger partial charge is 0.345 e. The van der Waals surface area contributed by atoms with Gasteiger partial charge in [-0.2, -0.15) is 0 Å². The van der Waals surface area contributed by atoms with E-state index in [4.69, 9.17) is 11.6 Å². The first-order chi connectivity index (χ1) is 9.56. The van der Waals surface area contributed by atoms with Crippen LogP contribution in [0.2, 0.25) is 5.02 Å². The van der Waals surface area contributed by atoms with Gasteiger partial charge >= 0.3 is 0 Å². The number of carbonyl (C=O) groups excluding carboxylic acids is 1. The summed E-state index contributed by atoms with van der Waals surface area (Å²) in [5, 5.41) is 0.751. The van der Waals surface area contributed by atoms with E-state index in [2.05, 4.69) is 0 Å². The molecule has 0 spiro atoms. The molecule has 0 bridgehead atoms. The number of rotatable bonds is 4. The van der Waals surface area contributed by atoms with Crippen LogP contribution in [-0.2, 0) is 5.75 Å². The van der Waals surface area contributed by atoms with Gasteiger partial charge in [-0.15, -0.1) is 11.8 Å². The Labute approximate surface area is 128 Å². The Morgan fingerprint density at radius 1 is 1.05 bits per heavy atom. The molecule has 0 atom stereocenters. The van der Waals surface area contributed by atoms with Crippen LogP contribution in [0.15, 0.2) is 53.4 Å². The summed E-state index contributed by atoms with van der Waals surface area (Å²) in [7, 11) is 3.51. The highest BCUT2D eigenvalue weighted by Crippen LogP contribution is 2.24. The lowest BCUT2D eigenvalue weighted by atomic mass is 10.1. The third-order valence-electron chi connectivity index (χ3n) is 2.83. The topological polar surface area (TPSA) is 20.3 Å². The molecular formula is C16H16ClNOS. The Balaban J connectivity index is 1.97. The molecule has 0 saturated carbocycles. The normalized spacial score (nSPS) is 10.3. The molecule has 0 radical (unpaired) electrons. The Morgan fingerprint density at radius 3 is 2.20 bits per heavy atom. The van der Waals surface area contributed by atoms with Crippen LogP contribution in [0.4, 0.5) is 0 Å². The van der Waals surface area contributed by atoms with Crippen LogP contribution in [0.3, 0.4) is 0 Å². The van der Waals surface area contributed by atoms with Crippen molar-refractivity contribution in [2.24, 2.45) is 0 Å². The molecular weight excluding hydrogens is 290 g/mol. The van der Waals surface area contributed by atoms with Crippen LogP contribution >= 0.6 is 23.4 Å². The smallest absolute Gasteiger partial charge is 0.253 e. The predicted molar refractivity (Wildman–Crippen MR) is 85.5 cm³/mol. The standard InChI is InChI=1S/C16H16ClNOS/c1-18(2)16(19)13-5-3-12(4-6-13)11-20-15-9-7-14(17)8-10-15/h3-10H,11H2,1-2H3. The summed E-state index contributed by atoms with van der Waals surface area (Å²) in [6, 6.07) is 15.6. The van der Waals surface area contributed by atoms with Gasteiger partial charge in [0, 0.05) is 35.3 Å². The van der Waals surface area contributed by atoms with Crippen LogP contribution in [-0.4, -0.2) is 24.9 Å². The minimum Gasteiger partial charge on any atom is -0.345 e. The number of carbonyl (C=O) groups is 1. The fourth-order valence-corrected chi connectivity index (χ4v) is 2.68. The number of nitrogens with zero attached hydrogens (tertiary/aromatic N) is 1. The minimum atomic E-state index is 0.0295. The monoisotopic (exact) mass is 305 g/mol. The van der Waals surface area contributed by atoms with Crippen molar-refractivity contribution in [3.8, 4) is 0 Å². The molecule has 0 N–H and O–H groups in total. The van der Waals surface area contributed by atoms with Gasteiger partial charge in [-0.05, 0) is 42.0 Å². The molecule has 20 heavy (non-hydrogen) atoms. The maximum atomic E-state index is 11.8. The highest BCUT2D eigenvalue weighted by molar-refractivity contribution is 7.98. The van der Waals surface area contributed by atoms with Gasteiger partial charge in [0.2, 0.25) is 0 Å². The van der Waals surface area contributed by atoms with E-state index in [-0.39, 0.29) is 5.91 Å². The van der Waals surface area contributed by atoms with Crippen molar-refractivity contribution < 1.29 is 4.79 Å². The first kappa shape index (κ1) is 14.9. The molecule has 0 heterocycles. The predicted octanol–water partition coefficient (Wildman–Crippen LogP) is 4.33. The summed E-state index contributed by atoms with van der Waals surface area (Å²) in [6.45, 7) is 0. The Bertz CT molecular complexity index is 578. The molecule has 4 heteroatoms. The third-order valence-corrected chi connectivity index (χ3v) is 4.16. The van der Waals surface area contributed by atoms with Gasteiger partial charge in [-0.25, -0.2) is 0 Å². The number of hydrogen-bond donors (Lipinski definition) is 0. The minimum absolute atomic E-state index is 0.0295. The van der Waals surface area contributed by atoms with E-state index in [0.717, 1.165) is 16.3 Å². The number of halogens is 1. The molecule has 2 aromatic rings. The van der Waals surface area contributed by atoms with Crippen molar-refractivity contribution in [3.05, 3.63) is 64.7 Å². The van der Waals surface area contributed by atoms with Crippen molar-refractivity contribution in [1.82, 2.24) is 4.90 Å². The highest BCUT2D eigenvalue weighted by atomic mass is 35.5. The average molecular weight is 306 g/mol. The number of amides is 1. The Hall–Kier alpha value is -1.45. The van der Waals surface area contributed by atoms with Gasteiger partial charge in [0.1, 0.15) is 0 Å². The summed E-state index contributed by atoms with van der Waals surface area (Å²) >= 11 is 7.61. The summed E-state index contributed by atoms with van der Waals surface area (Å²) in [5.41, 5.74) is 1.91. The van der Waals surface area contributed by atoms with E-state index in [1.54, 1.807) is 30.8 Å². The van der Waals surface area contributed by atoms with E-state index < -0.39 is 0 Å². The average Bonchev–Trinajstić information content (AvgIpc) is 2.46. The first-order valence-electron chi connectivity index (χ1n) is 6.25. The Kier molecular flexibility index (Phi) is 5.10. The van der Waals surface area contributed by atoms with Crippen LogP contribution in [0.5, 0.6) is 0 Å². The van der Waals surface area contributed by atoms with Crippen LogP contribution in [0, 0.1) is 0 Å². The zero-order chi connectivity index (χ0) is 14.5. The van der Waals surface area contributed by atoms with Gasteiger partial charge in [0.05, 0.1) is 0 Å². The first-order valence-corrected chi connectivity index (χ1v) is 7.61. The molecule has 104 valence electrons. The molecule has 1 amide bonds. The van der Waals surface area contributed by atoms with E-state index in [1.807, 2.05) is 48.5 Å². The summed E-state index contributed by atoms with van der Waals surface area (Å²) in [4.78, 5) is 14.5. The van der Waals surface area contributed by atoms with E-state index in [1.165, 1.54) is 10.5 Å². The van der Waals surface area contributed by atoms with Gasteiger partial charge in [0.15, 0.2) is 0 Å². The van der Waals surface area contributed by atoms with Crippen LogP contribution in [0.25, 0.3) is 0 Å². The summed E-state index contributed by atoms with van der Waals surface area (Å²) in [6.07, 6.45) is 0. The van der Waals surface area contributed by atoms with Gasteiger partial charge in [-0.3, -0.25) is 4.79 Å². The summed E-state index contributed by atoms with van der Waals surface area (Å²) in [5.74, 6) is 0.903. The molecule has 2 rings (SSSR count). The maximum absolute atomic E-state index is 11.8. The molecule has 0 aromatic heterocycles. The highest BCUT2D eigenvalue weighted by Gasteiger charge is 2.07. The van der Waals surface area contributed by atoms with Gasteiger partial charge in [-0.1, -0.05) is 23.7 Å². The van der Waals surface area contributed by atoms with Gasteiger partial charge < -0.3 is 4.90 Å². The second kappa shape index (κ2) is 6.82. The quantitative estimate of drug-likeness (QED) is 0.783. The second-order valence-corrected chi connectivity index (χ2v) is 6.12. The van der Waals surface area contributed by atoms with Crippen molar-refractivity contribution >= 4 is 29.3 Å². The van der Waals surface area contributed by atoms with Crippen molar-refractivity contribution in [3.63, 3.8) is 0 Å². The van der Waals surface area contributed by atoms with Crippen LogP contribution < -0.4 is 0 Å². The van der Waals surface area contributed by atoms with E-state index >= 15 is 0 Å². The molecule has 0 unspecified atom stereocenters. The maximum Gasteiger partial charge on any atom is 0.253 e. The molecule has 2 nitrogen and oxygen atoms in total. The molecule has 0 saturated heterocycles. The molecule has 0 aliphatic carbocycles. The van der Waals surface area contributed by atoms with Crippen molar-refractivity contribution in [2.75, 3.05) is 14.1 Å². The second-order valence-electron chi connectivity index (χ2n) is 4.64. The lowest BCUT2D eigenvalue weighted by Crippen LogP contribution is -2.21. The number of thioether (sulfide) groups is 1. The lowest BCUT2D eigenvalue weighted by molar-refractivity contribution is 0.0827. The van der Waals surface area contributed by atoms with E-state index in [9.17, 15) is 4.79 Å². The van der Waals surface area contributed by atoms with Gasteiger partial charge in [0.25, 0.3) is 5.91 Å². The van der Waals surface area contributed by atoms with Crippen molar-refractivity contribution in [1.29, 1.82) is 0 Å². The fraction of sp³-hybridized carbons (Fsp3) is 0.188. The number of hydrogen-bond acceptors (Lipinski definition) is 2. The summed E-state index contributed by atoms with van der Waals surface area (Å²) < 4.78 is 0. The van der Waals surface area contributed by atoms with Crippen LogP contribution in [0.1, 0.15) is 15.9 Å². The SMILES string of the molecule is CN(C)C(=O)c1ccc(CSc2ccc(Cl)cc2)cc1. The third kappa shape index (κ3) is 4.02. The fourth-order valence-electron chi connectivity index (χ4n) is 1.70. The zero-order valence-electron chi connectivity index (χ0n) is 11.5. The van der Waals surface area contributed by atoms with Crippen molar-refractivity contribution in [2.45, 2.75) is 10.6 Å². The van der Waals surface area contributed by atoms with E-state index in [0.29, 0.717) is 0 Å². The molecule has 0 aliphatic heterocycles. The number of benzene rings is 2. The molecule has 2 aromatic carbocycles. The lowest BCUT2D eigenvalue weighted by Gasteiger charge is -2.10. The Morgan fingerprint density at radius 2 is 1.65 bits per heavy atom. The zero-order valence-corrected chi connectivity index (χ0v) is 13.0. The molecule has 0 aliphatic rings.